The van der Waals surface area contributed by atoms with Crippen LogP contribution in [0.2, 0.25) is 0 Å². The number of carboxylic acids is 1. The van der Waals surface area contributed by atoms with Crippen LogP contribution in [0.5, 0.6) is 0 Å². The van der Waals surface area contributed by atoms with Crippen LogP contribution in [0.25, 0.3) is 10.2 Å². The third kappa shape index (κ3) is 3.56. The molecule has 0 saturated heterocycles. The molecular weight excluding hydrogens is 338 g/mol. The van der Waals surface area contributed by atoms with E-state index in [-0.39, 0.29) is 12.3 Å². The number of aliphatic carboxylic acids is 1. The molecule has 0 unspecified atom stereocenters. The Morgan fingerprint density at radius 1 is 1.28 bits per heavy atom. The first-order chi connectivity index (χ1) is 11.8. The molecular formula is C18H19N3O3S. The average molecular weight is 357 g/mol. The van der Waals surface area contributed by atoms with E-state index in [1.807, 2.05) is 51.2 Å². The summed E-state index contributed by atoms with van der Waals surface area (Å²) >= 11 is 1.35. The molecule has 0 aliphatic rings. The molecule has 0 bridgehead atoms. The van der Waals surface area contributed by atoms with Gasteiger partial charge in [0.2, 0.25) is 0 Å². The lowest BCUT2D eigenvalue weighted by Gasteiger charge is -2.17. The maximum absolute atomic E-state index is 12.6. The van der Waals surface area contributed by atoms with E-state index < -0.39 is 12.0 Å². The van der Waals surface area contributed by atoms with Gasteiger partial charge in [0, 0.05) is 12.4 Å². The van der Waals surface area contributed by atoms with Crippen molar-refractivity contribution in [3.8, 4) is 0 Å². The van der Waals surface area contributed by atoms with Crippen LogP contribution in [-0.4, -0.2) is 26.8 Å². The molecule has 0 aliphatic heterocycles. The highest BCUT2D eigenvalue weighted by molar-refractivity contribution is 7.20. The highest BCUT2D eigenvalue weighted by Crippen LogP contribution is 2.28. The van der Waals surface area contributed by atoms with Gasteiger partial charge in [0.15, 0.2) is 0 Å². The maximum atomic E-state index is 12.6. The lowest BCUT2D eigenvalue weighted by molar-refractivity contribution is -0.137. The van der Waals surface area contributed by atoms with Crippen molar-refractivity contribution in [3.05, 3.63) is 52.0 Å². The lowest BCUT2D eigenvalue weighted by atomic mass is 10.0. The predicted octanol–water partition coefficient (Wildman–Crippen LogP) is 3.20. The van der Waals surface area contributed by atoms with Crippen LogP contribution in [0.15, 0.2) is 30.3 Å². The SMILES string of the molecule is Cc1ccc([C@@H](CC(=O)O)NC(=O)c2cc3c(C)nn(C)c3s2)cc1. The number of amides is 1. The normalized spacial score (nSPS) is 12.3. The molecule has 1 aromatic carbocycles. The van der Waals surface area contributed by atoms with E-state index in [4.69, 9.17) is 0 Å². The van der Waals surface area contributed by atoms with Crippen molar-refractivity contribution in [2.45, 2.75) is 26.3 Å². The molecule has 7 heteroatoms. The predicted molar refractivity (Wildman–Crippen MR) is 97.0 cm³/mol. The van der Waals surface area contributed by atoms with Gasteiger partial charge in [0.05, 0.1) is 23.0 Å². The molecule has 0 aliphatic carbocycles. The Kier molecular flexibility index (Phi) is 4.59. The molecule has 3 aromatic rings. The molecule has 2 heterocycles. The number of carboxylic acid groups (broad SMARTS) is 1. The molecule has 0 fully saturated rings. The van der Waals surface area contributed by atoms with Crippen molar-refractivity contribution < 1.29 is 14.7 Å². The van der Waals surface area contributed by atoms with E-state index in [0.29, 0.717) is 4.88 Å². The van der Waals surface area contributed by atoms with Crippen LogP contribution in [0.1, 0.15) is 39.0 Å². The second kappa shape index (κ2) is 6.68. The van der Waals surface area contributed by atoms with Crippen molar-refractivity contribution in [1.82, 2.24) is 15.1 Å². The smallest absolute Gasteiger partial charge is 0.305 e. The van der Waals surface area contributed by atoms with Crippen LogP contribution < -0.4 is 5.32 Å². The monoisotopic (exact) mass is 357 g/mol. The summed E-state index contributed by atoms with van der Waals surface area (Å²) in [4.78, 5) is 25.3. The Hall–Kier alpha value is -2.67. The molecule has 25 heavy (non-hydrogen) atoms. The van der Waals surface area contributed by atoms with E-state index in [9.17, 15) is 14.7 Å². The summed E-state index contributed by atoms with van der Waals surface area (Å²) in [5.74, 6) is -1.23. The van der Waals surface area contributed by atoms with E-state index in [1.54, 1.807) is 4.68 Å². The number of benzene rings is 1. The number of thiophene rings is 1. The summed E-state index contributed by atoms with van der Waals surface area (Å²) in [7, 11) is 1.84. The van der Waals surface area contributed by atoms with Crippen molar-refractivity contribution in [3.63, 3.8) is 0 Å². The van der Waals surface area contributed by atoms with Gasteiger partial charge in [0.1, 0.15) is 4.83 Å². The fraction of sp³-hybridized carbons (Fsp3) is 0.278. The third-order valence-corrected chi connectivity index (χ3v) is 5.28. The van der Waals surface area contributed by atoms with Crippen molar-refractivity contribution in [1.29, 1.82) is 0 Å². The molecule has 0 radical (unpaired) electrons. The van der Waals surface area contributed by atoms with Gasteiger partial charge in [-0.2, -0.15) is 5.10 Å². The molecule has 2 N–H and O–H groups in total. The number of aromatic nitrogens is 2. The summed E-state index contributed by atoms with van der Waals surface area (Å²) in [5.41, 5.74) is 2.73. The van der Waals surface area contributed by atoms with Crippen LogP contribution in [0, 0.1) is 13.8 Å². The molecule has 0 spiro atoms. The summed E-state index contributed by atoms with van der Waals surface area (Å²) in [6, 6.07) is 8.75. The van der Waals surface area contributed by atoms with E-state index in [1.165, 1.54) is 11.3 Å². The zero-order valence-electron chi connectivity index (χ0n) is 14.2. The Bertz CT molecular complexity index is 906. The molecule has 0 saturated carbocycles. The topological polar surface area (TPSA) is 84.2 Å². The Morgan fingerprint density at radius 2 is 1.96 bits per heavy atom. The van der Waals surface area contributed by atoms with Gasteiger partial charge >= 0.3 is 5.97 Å². The van der Waals surface area contributed by atoms with E-state index in [0.717, 1.165) is 27.0 Å². The maximum Gasteiger partial charge on any atom is 0.305 e. The van der Waals surface area contributed by atoms with Crippen LogP contribution in [0.4, 0.5) is 0 Å². The average Bonchev–Trinajstić information content (AvgIpc) is 3.09. The number of rotatable bonds is 5. The van der Waals surface area contributed by atoms with Crippen molar-refractivity contribution in [2.75, 3.05) is 0 Å². The zero-order chi connectivity index (χ0) is 18.1. The molecule has 2 aromatic heterocycles. The third-order valence-electron chi connectivity index (χ3n) is 4.08. The van der Waals surface area contributed by atoms with Crippen LogP contribution in [-0.2, 0) is 11.8 Å². The van der Waals surface area contributed by atoms with Crippen LogP contribution in [0.3, 0.4) is 0 Å². The summed E-state index contributed by atoms with van der Waals surface area (Å²) < 4.78 is 1.75. The molecule has 6 nitrogen and oxygen atoms in total. The van der Waals surface area contributed by atoms with Gasteiger partial charge in [-0.3, -0.25) is 14.3 Å². The number of fused-ring (bicyclic) bond motifs is 1. The standard InChI is InChI=1S/C18H19N3O3S/c1-10-4-6-12(7-5-10)14(9-16(22)23)19-17(24)15-8-13-11(2)20-21(3)18(13)25-15/h4-8,14H,9H2,1-3H3,(H,19,24)(H,22,23)/t14-/m1/s1. The Labute approximate surface area is 149 Å². The number of nitrogens with zero attached hydrogens (tertiary/aromatic N) is 2. The number of carbonyl (C=O) groups is 2. The second-order valence-corrected chi connectivity index (χ2v) is 7.10. The first-order valence-electron chi connectivity index (χ1n) is 7.87. The Morgan fingerprint density at radius 3 is 2.56 bits per heavy atom. The van der Waals surface area contributed by atoms with Gasteiger partial charge in [-0.05, 0) is 25.5 Å². The fourth-order valence-corrected chi connectivity index (χ4v) is 3.80. The minimum Gasteiger partial charge on any atom is -0.481 e. The van der Waals surface area contributed by atoms with Gasteiger partial charge < -0.3 is 10.4 Å². The minimum atomic E-state index is -0.956. The van der Waals surface area contributed by atoms with Crippen molar-refractivity contribution in [2.24, 2.45) is 7.05 Å². The molecule has 1 amide bonds. The summed E-state index contributed by atoms with van der Waals surface area (Å²) in [6.45, 7) is 3.86. The van der Waals surface area contributed by atoms with Crippen LogP contribution >= 0.6 is 11.3 Å². The number of hydrogen-bond acceptors (Lipinski definition) is 4. The first-order valence-corrected chi connectivity index (χ1v) is 8.69. The van der Waals surface area contributed by atoms with Gasteiger partial charge in [-0.15, -0.1) is 11.3 Å². The Balaban J connectivity index is 1.86. The van der Waals surface area contributed by atoms with Gasteiger partial charge in [0.25, 0.3) is 5.91 Å². The largest absolute Gasteiger partial charge is 0.481 e. The quantitative estimate of drug-likeness (QED) is 0.734. The lowest BCUT2D eigenvalue weighted by Crippen LogP contribution is -2.29. The number of hydrogen-bond donors (Lipinski definition) is 2. The summed E-state index contributed by atoms with van der Waals surface area (Å²) in [5, 5.41) is 17.3. The summed E-state index contributed by atoms with van der Waals surface area (Å²) in [6.07, 6.45) is -0.166. The zero-order valence-corrected chi connectivity index (χ0v) is 15.1. The second-order valence-electron chi connectivity index (χ2n) is 6.07. The van der Waals surface area contributed by atoms with Gasteiger partial charge in [-0.1, -0.05) is 29.8 Å². The molecule has 3 rings (SSSR count). The number of carbonyl (C=O) groups excluding carboxylic acids is 1. The highest BCUT2D eigenvalue weighted by atomic mass is 32.1. The molecule has 130 valence electrons. The highest BCUT2D eigenvalue weighted by Gasteiger charge is 2.21. The van der Waals surface area contributed by atoms with Gasteiger partial charge in [-0.25, -0.2) is 0 Å². The number of aryl methyl sites for hydroxylation is 3. The van der Waals surface area contributed by atoms with Crippen molar-refractivity contribution >= 4 is 33.4 Å². The van der Waals surface area contributed by atoms with E-state index >= 15 is 0 Å². The minimum absolute atomic E-state index is 0.166. The molecule has 1 atom stereocenters. The van der Waals surface area contributed by atoms with E-state index in [2.05, 4.69) is 10.4 Å². The fourth-order valence-electron chi connectivity index (χ4n) is 2.77. The number of nitrogens with one attached hydrogen (secondary N) is 1. The first kappa shape index (κ1) is 17.2.